The second kappa shape index (κ2) is 11.4. The van der Waals surface area contributed by atoms with Crippen LogP contribution in [0.5, 0.6) is 5.75 Å². The van der Waals surface area contributed by atoms with Gasteiger partial charge in [-0.15, -0.1) is 0 Å². The number of benzene rings is 3. The van der Waals surface area contributed by atoms with Crippen LogP contribution in [-0.4, -0.2) is 41.4 Å². The molecule has 0 bridgehead atoms. The van der Waals surface area contributed by atoms with Gasteiger partial charge in [0.15, 0.2) is 0 Å². The van der Waals surface area contributed by atoms with Crippen molar-refractivity contribution in [3.8, 4) is 5.75 Å². The van der Waals surface area contributed by atoms with Crippen LogP contribution in [0.25, 0.3) is 0 Å². The molecule has 206 valence electrons. The van der Waals surface area contributed by atoms with Gasteiger partial charge in [-0.2, -0.15) is 25.9 Å². The Morgan fingerprint density at radius 3 is 2.03 bits per heavy atom. The summed E-state index contributed by atoms with van der Waals surface area (Å²) in [6, 6.07) is 12.4. The van der Waals surface area contributed by atoms with Crippen LogP contribution in [0.3, 0.4) is 0 Å². The Bertz CT molecular complexity index is 1480. The smallest absolute Gasteiger partial charge is 0.383 e. The highest BCUT2D eigenvalue weighted by molar-refractivity contribution is 7.89. The minimum Gasteiger partial charge on any atom is -0.383 e. The average Bonchev–Trinajstić information content (AvgIpc) is 2.81. The minimum atomic E-state index is -4.71. The van der Waals surface area contributed by atoms with Gasteiger partial charge in [-0.25, -0.2) is 8.42 Å². The highest BCUT2D eigenvalue weighted by Gasteiger charge is 2.32. The van der Waals surface area contributed by atoms with Crippen LogP contribution >= 0.6 is 0 Å². The topological polar surface area (TPSA) is 90.0 Å². The number of sulfonamides is 1. The van der Waals surface area contributed by atoms with Crippen LogP contribution in [0.1, 0.15) is 27.8 Å². The normalized spacial score (nSPS) is 12.6. The highest BCUT2D eigenvalue weighted by atomic mass is 32.2. The first kappa shape index (κ1) is 29.6. The number of nitrogens with zero attached hydrogens (tertiary/aromatic N) is 1. The first-order valence-corrected chi connectivity index (χ1v) is 14.3. The molecule has 0 aliphatic rings. The largest absolute Gasteiger partial charge is 0.416 e. The Hall–Kier alpha value is -2.93. The fourth-order valence-corrected chi connectivity index (χ4v) is 6.84. The zero-order valence-electron chi connectivity index (χ0n) is 21.2. The number of alkyl halides is 3. The van der Waals surface area contributed by atoms with Gasteiger partial charge in [-0.3, -0.25) is 0 Å². The van der Waals surface area contributed by atoms with Gasteiger partial charge in [0.1, 0.15) is 10.6 Å². The van der Waals surface area contributed by atoms with Crippen molar-refractivity contribution < 1.29 is 38.9 Å². The summed E-state index contributed by atoms with van der Waals surface area (Å²) in [4.78, 5) is -0.427. The van der Waals surface area contributed by atoms with Crippen molar-refractivity contribution in [3.63, 3.8) is 0 Å². The molecule has 0 saturated carbocycles. The van der Waals surface area contributed by atoms with Crippen LogP contribution in [-0.2, 0) is 37.6 Å². The predicted octanol–water partition coefficient (Wildman–Crippen LogP) is 5.24. The fraction of sp³-hybridized carbons (Fsp3) is 0.308. The SMILES string of the molecule is COCCN(Cc1ccc(OS(=O)(=O)c2cccc(C(F)(F)F)c2)cc1)S(=O)(=O)c1c(C)cc(C)cc1C. The predicted molar refractivity (Wildman–Crippen MR) is 136 cm³/mol. The third-order valence-corrected chi connectivity index (χ3v) is 9.08. The van der Waals surface area contributed by atoms with Crippen LogP contribution in [0, 0.1) is 20.8 Å². The molecule has 3 rings (SSSR count). The Labute approximate surface area is 221 Å². The van der Waals surface area contributed by atoms with E-state index in [9.17, 15) is 30.0 Å². The lowest BCUT2D eigenvalue weighted by Gasteiger charge is -2.24. The van der Waals surface area contributed by atoms with Crippen molar-refractivity contribution in [1.29, 1.82) is 0 Å². The molecule has 38 heavy (non-hydrogen) atoms. The maximum absolute atomic E-state index is 13.6. The van der Waals surface area contributed by atoms with Crippen LogP contribution < -0.4 is 4.18 Å². The van der Waals surface area contributed by atoms with E-state index in [2.05, 4.69) is 0 Å². The third-order valence-electron chi connectivity index (χ3n) is 5.69. The molecule has 0 amide bonds. The van der Waals surface area contributed by atoms with E-state index in [4.69, 9.17) is 8.92 Å². The van der Waals surface area contributed by atoms with Gasteiger partial charge < -0.3 is 8.92 Å². The van der Waals surface area contributed by atoms with Gasteiger partial charge in [0.05, 0.1) is 17.1 Å². The molecular weight excluding hydrogens is 543 g/mol. The standard InChI is InChI=1S/C26H28F3NO6S2/c1-18-14-19(2)25(20(3)15-18)37(31,32)30(12-13-35-4)17-21-8-10-23(11-9-21)36-38(33,34)24-7-5-6-22(16-24)26(27,28)29/h5-11,14-16H,12-13,17H2,1-4H3. The van der Waals surface area contributed by atoms with Crippen LogP contribution in [0.2, 0.25) is 0 Å². The van der Waals surface area contributed by atoms with E-state index >= 15 is 0 Å². The van der Waals surface area contributed by atoms with Gasteiger partial charge in [0.2, 0.25) is 10.0 Å². The molecule has 0 radical (unpaired) electrons. The van der Waals surface area contributed by atoms with Gasteiger partial charge in [0.25, 0.3) is 0 Å². The van der Waals surface area contributed by atoms with Crippen LogP contribution in [0.15, 0.2) is 70.5 Å². The Morgan fingerprint density at radius 2 is 1.47 bits per heavy atom. The second-order valence-corrected chi connectivity index (χ2v) is 12.2. The second-order valence-electron chi connectivity index (χ2n) is 8.77. The van der Waals surface area contributed by atoms with Crippen molar-refractivity contribution in [1.82, 2.24) is 4.31 Å². The van der Waals surface area contributed by atoms with Crippen molar-refractivity contribution >= 4 is 20.1 Å². The summed E-state index contributed by atoms with van der Waals surface area (Å²) in [7, 11) is -6.98. The molecule has 0 atom stereocenters. The lowest BCUT2D eigenvalue weighted by molar-refractivity contribution is -0.137. The molecule has 7 nitrogen and oxygen atoms in total. The molecule has 0 heterocycles. The van der Waals surface area contributed by atoms with Gasteiger partial charge >= 0.3 is 16.3 Å². The summed E-state index contributed by atoms with van der Waals surface area (Å²) in [6.45, 7) is 5.55. The quantitative estimate of drug-likeness (QED) is 0.310. The minimum absolute atomic E-state index is 0.0287. The maximum Gasteiger partial charge on any atom is 0.416 e. The average molecular weight is 572 g/mol. The molecule has 0 aromatic heterocycles. The summed E-state index contributed by atoms with van der Waals surface area (Å²) in [5, 5.41) is 0. The first-order valence-electron chi connectivity index (χ1n) is 11.4. The third kappa shape index (κ3) is 6.93. The molecule has 12 heteroatoms. The molecule has 3 aromatic carbocycles. The zero-order valence-corrected chi connectivity index (χ0v) is 22.9. The molecule has 0 unspecified atom stereocenters. The molecule has 0 saturated heterocycles. The molecule has 0 N–H and O–H groups in total. The van der Waals surface area contributed by atoms with Crippen molar-refractivity contribution in [2.75, 3.05) is 20.3 Å². The van der Waals surface area contributed by atoms with Crippen LogP contribution in [0.4, 0.5) is 13.2 Å². The van der Waals surface area contributed by atoms with E-state index in [1.165, 1.54) is 35.7 Å². The van der Waals surface area contributed by atoms with E-state index in [1.54, 1.807) is 26.0 Å². The number of aryl methyl sites for hydroxylation is 3. The number of hydrogen-bond acceptors (Lipinski definition) is 6. The van der Waals surface area contributed by atoms with E-state index in [0.717, 1.165) is 23.8 Å². The van der Waals surface area contributed by atoms with Crippen molar-refractivity contribution in [2.24, 2.45) is 0 Å². The molecule has 0 aliphatic heterocycles. The van der Waals surface area contributed by atoms with Crippen molar-refractivity contribution in [2.45, 2.75) is 43.3 Å². The zero-order chi connectivity index (χ0) is 28.3. The van der Waals surface area contributed by atoms with E-state index in [0.29, 0.717) is 22.8 Å². The lowest BCUT2D eigenvalue weighted by atomic mass is 10.1. The number of hydrogen-bond donors (Lipinski definition) is 0. The molecule has 3 aromatic rings. The van der Waals surface area contributed by atoms with E-state index in [-0.39, 0.29) is 30.3 Å². The monoisotopic (exact) mass is 571 g/mol. The highest BCUT2D eigenvalue weighted by Crippen LogP contribution is 2.31. The Kier molecular flexibility index (Phi) is 8.92. The Morgan fingerprint density at radius 1 is 0.868 bits per heavy atom. The number of rotatable bonds is 10. The van der Waals surface area contributed by atoms with E-state index in [1.807, 2.05) is 6.92 Å². The molecular formula is C26H28F3NO6S2. The number of ether oxygens (including phenoxy) is 1. The van der Waals surface area contributed by atoms with E-state index < -0.39 is 36.8 Å². The van der Waals surface area contributed by atoms with Gasteiger partial charge in [-0.05, 0) is 67.8 Å². The summed E-state index contributed by atoms with van der Waals surface area (Å²) in [6.07, 6.45) is -4.71. The van der Waals surface area contributed by atoms with Gasteiger partial charge in [-0.1, -0.05) is 35.9 Å². The Balaban J connectivity index is 1.84. The summed E-state index contributed by atoms with van der Waals surface area (Å²) >= 11 is 0. The van der Waals surface area contributed by atoms with Crippen molar-refractivity contribution in [3.05, 3.63) is 88.5 Å². The summed E-state index contributed by atoms with van der Waals surface area (Å²) in [5.41, 5.74) is 1.60. The fourth-order valence-electron chi connectivity index (χ4n) is 4.04. The molecule has 0 aliphatic carbocycles. The maximum atomic E-state index is 13.6. The number of methoxy groups -OCH3 is 1. The first-order chi connectivity index (χ1) is 17.6. The summed E-state index contributed by atoms with van der Waals surface area (Å²) in [5.74, 6) is -0.136. The molecule has 0 fully saturated rings. The number of halogens is 3. The molecule has 0 spiro atoms. The lowest BCUT2D eigenvalue weighted by Crippen LogP contribution is -2.34. The summed E-state index contributed by atoms with van der Waals surface area (Å²) < 4.78 is 103. The van der Waals surface area contributed by atoms with Gasteiger partial charge in [0, 0.05) is 20.2 Å².